The number of carbonyl (C=O) groups excluding carboxylic acids is 1. The average Bonchev–Trinajstić information content (AvgIpc) is 2.88. The fourth-order valence-electron chi connectivity index (χ4n) is 3.91. The van der Waals surface area contributed by atoms with E-state index in [-0.39, 0.29) is 25.0 Å². The van der Waals surface area contributed by atoms with Crippen LogP contribution in [-0.2, 0) is 11.3 Å². The van der Waals surface area contributed by atoms with Gasteiger partial charge < -0.3 is 10.4 Å². The molecule has 188 valence electrons. The molecule has 0 spiro atoms. The van der Waals surface area contributed by atoms with Gasteiger partial charge in [-0.25, -0.2) is 0 Å². The zero-order valence-corrected chi connectivity index (χ0v) is 21.9. The molecule has 0 amide bonds. The summed E-state index contributed by atoms with van der Waals surface area (Å²) in [6.45, 7) is 0.545. The van der Waals surface area contributed by atoms with Gasteiger partial charge >= 0.3 is 5.97 Å². The summed E-state index contributed by atoms with van der Waals surface area (Å²) in [5.74, 6) is -1.09. The van der Waals surface area contributed by atoms with Crippen LogP contribution in [0.25, 0.3) is 22.3 Å². The predicted molar refractivity (Wildman–Crippen MR) is 150 cm³/mol. The molecule has 4 aromatic rings. The van der Waals surface area contributed by atoms with E-state index in [4.69, 9.17) is 39.9 Å². The Morgan fingerprint density at radius 2 is 1.49 bits per heavy atom. The molecule has 0 aliphatic carbocycles. The van der Waals surface area contributed by atoms with Crippen molar-refractivity contribution in [1.29, 1.82) is 0 Å². The summed E-state index contributed by atoms with van der Waals surface area (Å²) in [6, 6.07) is 22.6. The van der Waals surface area contributed by atoms with Crippen LogP contribution in [0, 0.1) is 0 Å². The minimum atomic E-state index is -0.917. The van der Waals surface area contributed by atoms with Crippen molar-refractivity contribution in [1.82, 2.24) is 4.98 Å². The molecule has 0 saturated heterocycles. The van der Waals surface area contributed by atoms with Crippen molar-refractivity contribution in [3.8, 4) is 22.3 Å². The Balaban J connectivity index is 1.46. The van der Waals surface area contributed by atoms with Crippen molar-refractivity contribution < 1.29 is 14.7 Å². The zero-order valence-electron chi connectivity index (χ0n) is 19.7. The average molecular weight is 554 g/mol. The molecule has 0 aliphatic heterocycles. The van der Waals surface area contributed by atoms with Crippen LogP contribution in [0.3, 0.4) is 0 Å². The number of benzene rings is 3. The molecule has 0 saturated carbocycles. The van der Waals surface area contributed by atoms with Crippen molar-refractivity contribution in [2.45, 2.75) is 25.8 Å². The number of halogens is 3. The highest BCUT2D eigenvalue weighted by Gasteiger charge is 2.12. The van der Waals surface area contributed by atoms with Gasteiger partial charge in [0.25, 0.3) is 0 Å². The molecule has 4 rings (SSSR count). The number of Topliss-reactive ketones (excluding diaryl/α,β-unsaturated/α-hetero) is 1. The van der Waals surface area contributed by atoms with E-state index in [1.54, 1.807) is 18.3 Å². The number of aromatic nitrogens is 1. The third kappa shape index (κ3) is 7.10. The van der Waals surface area contributed by atoms with Crippen molar-refractivity contribution >= 4 is 52.2 Å². The molecular formula is C29H23Cl3N2O3. The summed E-state index contributed by atoms with van der Waals surface area (Å²) in [5, 5.41) is 14.0. The highest BCUT2D eigenvalue weighted by molar-refractivity contribution is 6.36. The van der Waals surface area contributed by atoms with Crippen LogP contribution in [0.1, 0.15) is 35.3 Å². The van der Waals surface area contributed by atoms with Crippen LogP contribution in [0.5, 0.6) is 0 Å². The van der Waals surface area contributed by atoms with E-state index in [2.05, 4.69) is 10.3 Å². The number of hydrogen-bond donors (Lipinski definition) is 2. The van der Waals surface area contributed by atoms with Crippen molar-refractivity contribution in [2.75, 3.05) is 5.32 Å². The van der Waals surface area contributed by atoms with Gasteiger partial charge in [-0.05, 0) is 65.6 Å². The fraction of sp³-hybridized carbons (Fsp3) is 0.138. The molecule has 2 N–H and O–H groups in total. The first-order valence-corrected chi connectivity index (χ1v) is 12.7. The number of ketones is 1. The number of pyridine rings is 1. The molecule has 3 aromatic carbocycles. The molecule has 0 fully saturated rings. The second kappa shape index (κ2) is 12.2. The van der Waals surface area contributed by atoms with Crippen molar-refractivity contribution in [3.05, 3.63) is 105 Å². The topological polar surface area (TPSA) is 79.3 Å². The van der Waals surface area contributed by atoms with Crippen LogP contribution >= 0.6 is 34.8 Å². The number of rotatable bonds is 10. The molecule has 0 aliphatic rings. The Bertz CT molecular complexity index is 1420. The van der Waals surface area contributed by atoms with E-state index < -0.39 is 5.97 Å². The predicted octanol–water partition coefficient (Wildman–Crippen LogP) is 8.43. The van der Waals surface area contributed by atoms with E-state index in [0.717, 1.165) is 33.5 Å². The number of aliphatic carboxylic acids is 1. The largest absolute Gasteiger partial charge is 0.481 e. The first-order valence-electron chi connectivity index (χ1n) is 11.6. The molecule has 1 heterocycles. The number of carbonyl (C=O) groups is 2. The smallest absolute Gasteiger partial charge is 0.303 e. The molecule has 5 nitrogen and oxygen atoms in total. The Hall–Kier alpha value is -3.38. The summed E-state index contributed by atoms with van der Waals surface area (Å²) < 4.78 is 0. The summed E-state index contributed by atoms with van der Waals surface area (Å²) in [6.07, 6.45) is 2.04. The lowest BCUT2D eigenvalue weighted by atomic mass is 10.00. The van der Waals surface area contributed by atoms with E-state index in [0.29, 0.717) is 27.3 Å². The van der Waals surface area contributed by atoms with E-state index in [1.807, 2.05) is 60.7 Å². The van der Waals surface area contributed by atoms with Crippen LogP contribution in [-0.4, -0.2) is 21.8 Å². The Labute approximate surface area is 230 Å². The van der Waals surface area contributed by atoms with E-state index in [1.165, 1.54) is 0 Å². The first-order chi connectivity index (χ1) is 17.8. The second-order valence-electron chi connectivity index (χ2n) is 8.46. The fourth-order valence-corrected chi connectivity index (χ4v) is 4.60. The molecule has 1 aromatic heterocycles. The Kier molecular flexibility index (Phi) is 8.82. The highest BCUT2D eigenvalue weighted by atomic mass is 35.5. The van der Waals surface area contributed by atoms with Gasteiger partial charge in [-0.3, -0.25) is 14.6 Å². The Morgan fingerprint density at radius 1 is 0.784 bits per heavy atom. The van der Waals surface area contributed by atoms with Gasteiger partial charge in [-0.15, -0.1) is 0 Å². The van der Waals surface area contributed by atoms with Crippen LogP contribution in [0.2, 0.25) is 15.1 Å². The maximum absolute atomic E-state index is 12.3. The molecule has 0 atom stereocenters. The van der Waals surface area contributed by atoms with E-state index >= 15 is 0 Å². The number of carboxylic acid groups (broad SMARTS) is 1. The molecule has 0 unspecified atom stereocenters. The Morgan fingerprint density at radius 3 is 2.16 bits per heavy atom. The molecule has 37 heavy (non-hydrogen) atoms. The van der Waals surface area contributed by atoms with Gasteiger partial charge in [0.2, 0.25) is 0 Å². The summed E-state index contributed by atoms with van der Waals surface area (Å²) >= 11 is 18.6. The monoisotopic (exact) mass is 552 g/mol. The minimum Gasteiger partial charge on any atom is -0.481 e. The van der Waals surface area contributed by atoms with Gasteiger partial charge in [0.05, 0.1) is 0 Å². The normalized spacial score (nSPS) is 10.8. The third-order valence-corrected chi connectivity index (χ3v) is 6.62. The number of anilines is 1. The lowest BCUT2D eigenvalue weighted by Crippen LogP contribution is -2.04. The summed E-state index contributed by atoms with van der Waals surface area (Å²) in [4.78, 5) is 27.3. The van der Waals surface area contributed by atoms with Crippen molar-refractivity contribution in [3.63, 3.8) is 0 Å². The third-order valence-electron chi connectivity index (χ3n) is 5.84. The molecule has 0 radical (unpaired) electrons. The van der Waals surface area contributed by atoms with Gasteiger partial charge in [-0.1, -0.05) is 65.1 Å². The lowest BCUT2D eigenvalue weighted by Gasteiger charge is -2.13. The number of carboxylic acids is 1. The number of nitrogens with zero attached hydrogens (tertiary/aromatic N) is 1. The first kappa shape index (κ1) is 26.7. The number of hydrogen-bond acceptors (Lipinski definition) is 4. The maximum atomic E-state index is 12.3. The van der Waals surface area contributed by atoms with Crippen LogP contribution < -0.4 is 5.32 Å². The minimum absolute atomic E-state index is 0.0414. The quantitative estimate of drug-likeness (QED) is 0.193. The maximum Gasteiger partial charge on any atom is 0.303 e. The van der Waals surface area contributed by atoms with Gasteiger partial charge in [0, 0.05) is 57.5 Å². The number of nitrogens with one attached hydrogen (secondary N) is 1. The van der Waals surface area contributed by atoms with Gasteiger partial charge in [0.1, 0.15) is 5.69 Å². The zero-order chi connectivity index (χ0) is 26.4. The lowest BCUT2D eigenvalue weighted by molar-refractivity contribution is -0.137. The highest BCUT2D eigenvalue weighted by Crippen LogP contribution is 2.32. The molecule has 0 bridgehead atoms. The summed E-state index contributed by atoms with van der Waals surface area (Å²) in [5.41, 5.74) is 5.90. The van der Waals surface area contributed by atoms with Gasteiger partial charge in [0.15, 0.2) is 5.78 Å². The SMILES string of the molecule is O=C(O)CCCC(=O)c1ccc(-c2cc(Cl)ccc2CNc2ccc(-c3ccc(Cl)cc3Cl)cc2)cn1. The van der Waals surface area contributed by atoms with Crippen LogP contribution in [0.15, 0.2) is 79.0 Å². The molecule has 8 heteroatoms. The second-order valence-corrected chi connectivity index (χ2v) is 9.74. The van der Waals surface area contributed by atoms with Gasteiger partial charge in [-0.2, -0.15) is 0 Å². The molecular weight excluding hydrogens is 531 g/mol. The van der Waals surface area contributed by atoms with Crippen molar-refractivity contribution in [2.24, 2.45) is 0 Å². The standard InChI is InChI=1S/C29H23Cl3N2O3/c30-21-8-4-19(16-33-23-10-5-18(6-11-23)24-12-9-22(31)15-26(24)32)25(14-21)20-7-13-27(34-17-20)28(35)2-1-3-29(36)37/h4-15,17,33H,1-3,16H2,(H,36,37). The van der Waals surface area contributed by atoms with E-state index in [9.17, 15) is 9.59 Å². The summed E-state index contributed by atoms with van der Waals surface area (Å²) in [7, 11) is 0. The van der Waals surface area contributed by atoms with Crippen LogP contribution in [0.4, 0.5) is 5.69 Å².